The van der Waals surface area contributed by atoms with Crippen LogP contribution in [0.2, 0.25) is 0 Å². The van der Waals surface area contributed by atoms with Crippen LogP contribution in [0.4, 0.5) is 22.0 Å². The predicted molar refractivity (Wildman–Crippen MR) is 107 cm³/mol. The summed E-state index contributed by atoms with van der Waals surface area (Å²) >= 11 is 0. The Balaban J connectivity index is 0.00000392. The van der Waals surface area contributed by atoms with Crippen molar-refractivity contribution in [2.75, 3.05) is 13.7 Å². The molecule has 0 aliphatic heterocycles. The largest absolute Gasteiger partial charge is 0.484 e. The molecule has 0 aromatic heterocycles. The fraction of sp³-hybridized carbons (Fsp3) is 0.278. The van der Waals surface area contributed by atoms with E-state index in [9.17, 15) is 22.0 Å². The monoisotopic (exact) mass is 515 g/mol. The van der Waals surface area contributed by atoms with Gasteiger partial charge in [0.15, 0.2) is 12.6 Å². The first-order valence-electron chi connectivity index (χ1n) is 7.94. The molecule has 0 amide bonds. The van der Waals surface area contributed by atoms with E-state index in [0.29, 0.717) is 5.56 Å². The molecule has 154 valence electrons. The van der Waals surface area contributed by atoms with Gasteiger partial charge in [0, 0.05) is 31.3 Å². The van der Waals surface area contributed by atoms with Gasteiger partial charge in [-0.25, -0.2) is 8.78 Å². The topological polar surface area (TPSA) is 45.7 Å². The van der Waals surface area contributed by atoms with Crippen molar-refractivity contribution in [3.8, 4) is 5.75 Å². The van der Waals surface area contributed by atoms with E-state index in [0.717, 1.165) is 18.2 Å². The molecular weight excluding hydrogens is 496 g/mol. The molecule has 0 aliphatic rings. The molecule has 0 radical (unpaired) electrons. The molecular formula is C18H19F5IN3O. The third kappa shape index (κ3) is 7.87. The molecule has 2 rings (SSSR count). The summed E-state index contributed by atoms with van der Waals surface area (Å²) in [6.07, 6.45) is -4.44. The van der Waals surface area contributed by atoms with Crippen molar-refractivity contribution in [3.05, 3.63) is 65.2 Å². The number of halogens is 6. The first kappa shape index (κ1) is 23.9. The molecule has 4 nitrogen and oxygen atoms in total. The third-order valence-electron chi connectivity index (χ3n) is 3.49. The highest BCUT2D eigenvalue weighted by molar-refractivity contribution is 14.0. The van der Waals surface area contributed by atoms with Gasteiger partial charge < -0.3 is 15.4 Å². The van der Waals surface area contributed by atoms with Crippen molar-refractivity contribution >= 4 is 29.9 Å². The standard InChI is InChI=1S/C18H18F5N3O.HI/c1-24-17(26-10-13-8-14(19)6-7-15(13)20)25-9-12-4-2-3-5-16(12)27-11-18(21,22)23;/h2-8H,9-11H2,1H3,(H2,24,25,26);1H. The van der Waals surface area contributed by atoms with Gasteiger partial charge in [-0.3, -0.25) is 4.99 Å². The zero-order valence-corrected chi connectivity index (χ0v) is 17.1. The van der Waals surface area contributed by atoms with Crippen LogP contribution in [0.3, 0.4) is 0 Å². The van der Waals surface area contributed by atoms with Crippen molar-refractivity contribution in [2.45, 2.75) is 19.3 Å². The second-order valence-electron chi connectivity index (χ2n) is 5.53. The van der Waals surface area contributed by atoms with Crippen LogP contribution in [0.5, 0.6) is 5.75 Å². The molecule has 0 saturated carbocycles. The summed E-state index contributed by atoms with van der Waals surface area (Å²) in [5.74, 6) is -0.768. The van der Waals surface area contributed by atoms with Crippen molar-refractivity contribution in [1.29, 1.82) is 0 Å². The van der Waals surface area contributed by atoms with E-state index in [2.05, 4.69) is 15.6 Å². The zero-order valence-electron chi connectivity index (χ0n) is 14.8. The Kier molecular flexibility index (Phi) is 9.42. The molecule has 0 saturated heterocycles. The summed E-state index contributed by atoms with van der Waals surface area (Å²) in [6, 6.07) is 9.38. The lowest BCUT2D eigenvalue weighted by atomic mass is 10.2. The van der Waals surface area contributed by atoms with Crippen LogP contribution in [0, 0.1) is 11.6 Å². The highest BCUT2D eigenvalue weighted by Gasteiger charge is 2.28. The molecule has 0 aliphatic carbocycles. The molecule has 2 aromatic rings. The number of hydrogen-bond donors (Lipinski definition) is 2. The maximum atomic E-state index is 13.6. The second kappa shape index (κ2) is 11.0. The summed E-state index contributed by atoms with van der Waals surface area (Å²) in [6.45, 7) is -1.29. The van der Waals surface area contributed by atoms with Crippen molar-refractivity contribution in [3.63, 3.8) is 0 Å². The van der Waals surface area contributed by atoms with Crippen molar-refractivity contribution in [2.24, 2.45) is 4.99 Å². The summed E-state index contributed by atoms with van der Waals surface area (Å²) < 4.78 is 68.6. The number of aliphatic imine (C=N–C) groups is 1. The van der Waals surface area contributed by atoms with Crippen LogP contribution < -0.4 is 15.4 Å². The lowest BCUT2D eigenvalue weighted by Crippen LogP contribution is -2.36. The van der Waals surface area contributed by atoms with Gasteiger partial charge >= 0.3 is 6.18 Å². The molecule has 0 unspecified atom stereocenters. The first-order chi connectivity index (χ1) is 12.8. The third-order valence-corrected chi connectivity index (χ3v) is 3.49. The van der Waals surface area contributed by atoms with E-state index in [-0.39, 0.29) is 54.3 Å². The smallest absolute Gasteiger partial charge is 0.422 e. The number of ether oxygens (including phenoxy) is 1. The van der Waals surface area contributed by atoms with Crippen LogP contribution >= 0.6 is 24.0 Å². The Morgan fingerprint density at radius 3 is 2.29 bits per heavy atom. The Morgan fingerprint density at radius 2 is 1.64 bits per heavy atom. The van der Waals surface area contributed by atoms with Gasteiger partial charge in [-0.2, -0.15) is 13.2 Å². The number of nitrogens with one attached hydrogen (secondary N) is 2. The van der Waals surface area contributed by atoms with E-state index in [4.69, 9.17) is 4.74 Å². The SMILES string of the molecule is CN=C(NCc1cc(F)ccc1F)NCc1ccccc1OCC(F)(F)F.I. The number of hydrogen-bond acceptors (Lipinski definition) is 2. The Morgan fingerprint density at radius 1 is 1.00 bits per heavy atom. The number of nitrogens with zero attached hydrogens (tertiary/aromatic N) is 1. The molecule has 0 atom stereocenters. The average molecular weight is 515 g/mol. The zero-order chi connectivity index (χ0) is 19.9. The molecule has 0 heterocycles. The van der Waals surface area contributed by atoms with Gasteiger partial charge in [-0.15, -0.1) is 24.0 Å². The van der Waals surface area contributed by atoms with E-state index in [1.54, 1.807) is 18.2 Å². The van der Waals surface area contributed by atoms with Crippen LogP contribution in [0.25, 0.3) is 0 Å². The van der Waals surface area contributed by atoms with Crippen LogP contribution in [0.1, 0.15) is 11.1 Å². The van der Waals surface area contributed by atoms with E-state index >= 15 is 0 Å². The number of guanidine groups is 1. The normalized spacial score (nSPS) is 11.6. The van der Waals surface area contributed by atoms with Crippen LogP contribution in [0.15, 0.2) is 47.5 Å². The molecule has 0 bridgehead atoms. The maximum absolute atomic E-state index is 13.6. The first-order valence-corrected chi connectivity index (χ1v) is 7.94. The van der Waals surface area contributed by atoms with Crippen LogP contribution in [-0.2, 0) is 13.1 Å². The fourth-order valence-electron chi connectivity index (χ4n) is 2.21. The molecule has 0 fully saturated rings. The van der Waals surface area contributed by atoms with E-state index < -0.39 is 24.4 Å². The minimum atomic E-state index is -4.44. The Bertz CT molecular complexity index is 799. The molecule has 2 N–H and O–H groups in total. The van der Waals surface area contributed by atoms with Crippen LogP contribution in [-0.4, -0.2) is 25.8 Å². The predicted octanol–water partition coefficient (Wildman–Crippen LogP) is 4.39. The minimum Gasteiger partial charge on any atom is -0.484 e. The minimum absolute atomic E-state index is 0. The number of alkyl halides is 3. The number of para-hydroxylation sites is 1. The summed E-state index contributed by atoms with van der Waals surface area (Å²) in [4.78, 5) is 3.94. The maximum Gasteiger partial charge on any atom is 0.422 e. The highest BCUT2D eigenvalue weighted by atomic mass is 127. The van der Waals surface area contributed by atoms with Gasteiger partial charge in [-0.1, -0.05) is 18.2 Å². The summed E-state index contributed by atoms with van der Waals surface area (Å²) in [7, 11) is 1.48. The number of benzene rings is 2. The van der Waals surface area contributed by atoms with Crippen molar-refractivity contribution < 1.29 is 26.7 Å². The average Bonchev–Trinajstić information content (AvgIpc) is 2.63. The van der Waals surface area contributed by atoms with Gasteiger partial charge in [0.1, 0.15) is 17.4 Å². The fourth-order valence-corrected chi connectivity index (χ4v) is 2.21. The Hall–Kier alpha value is -2.11. The van der Waals surface area contributed by atoms with Gasteiger partial charge in [0.25, 0.3) is 0 Å². The summed E-state index contributed by atoms with van der Waals surface area (Å²) in [5, 5.41) is 5.70. The van der Waals surface area contributed by atoms with Gasteiger partial charge in [0.05, 0.1) is 0 Å². The Labute approximate surface area is 176 Å². The second-order valence-corrected chi connectivity index (χ2v) is 5.53. The quantitative estimate of drug-likeness (QED) is 0.260. The van der Waals surface area contributed by atoms with Crippen molar-refractivity contribution in [1.82, 2.24) is 10.6 Å². The van der Waals surface area contributed by atoms with Gasteiger partial charge in [0.2, 0.25) is 0 Å². The lowest BCUT2D eigenvalue weighted by Gasteiger charge is -2.15. The molecule has 0 spiro atoms. The number of rotatable bonds is 6. The molecule has 10 heteroatoms. The van der Waals surface area contributed by atoms with E-state index in [1.807, 2.05) is 0 Å². The summed E-state index contributed by atoms with van der Waals surface area (Å²) in [5.41, 5.74) is 0.605. The van der Waals surface area contributed by atoms with Gasteiger partial charge in [-0.05, 0) is 24.3 Å². The lowest BCUT2D eigenvalue weighted by molar-refractivity contribution is -0.153. The molecule has 2 aromatic carbocycles. The van der Waals surface area contributed by atoms with E-state index in [1.165, 1.54) is 13.1 Å². The molecule has 28 heavy (non-hydrogen) atoms. The highest BCUT2D eigenvalue weighted by Crippen LogP contribution is 2.22.